The molecule has 0 aliphatic rings. The zero-order valence-electron chi connectivity index (χ0n) is 18.6. The number of carbonyl (C=O) groups is 1. The zero-order valence-corrected chi connectivity index (χ0v) is 18.6. The first-order chi connectivity index (χ1) is 14.2. The highest BCUT2D eigenvalue weighted by Gasteiger charge is 2.21. The average Bonchev–Trinajstić information content (AvgIpc) is 3.01. The molecule has 2 atom stereocenters. The van der Waals surface area contributed by atoms with E-state index in [4.69, 9.17) is 8.83 Å². The third-order valence-electron chi connectivity index (χ3n) is 6.42. The van der Waals surface area contributed by atoms with Crippen molar-refractivity contribution in [3.05, 3.63) is 44.5 Å². The standard InChI is InChI=1S/C24H31NO5/c1-7-12(2)20(11-26)25-21(27)9-8-17-14(4)19-10-18-13(3)16(6)29-22(18)15(5)23(19)30-24(17)28/h10,12,20,26H,7-9,11H2,1-6H3,(H,25,27)/t12-,20-/m1/s1. The lowest BCUT2D eigenvalue weighted by Crippen LogP contribution is -2.42. The quantitative estimate of drug-likeness (QED) is 0.566. The average molecular weight is 414 g/mol. The Labute approximate surface area is 176 Å². The number of fused-ring (bicyclic) bond motifs is 2. The van der Waals surface area contributed by atoms with E-state index in [0.29, 0.717) is 11.1 Å². The van der Waals surface area contributed by atoms with Crippen LogP contribution in [0.2, 0.25) is 0 Å². The molecule has 3 aromatic rings. The molecule has 2 N–H and O–H groups in total. The van der Waals surface area contributed by atoms with Crippen molar-refractivity contribution < 1.29 is 18.7 Å². The number of rotatable bonds is 7. The Kier molecular flexibility index (Phi) is 6.36. The summed E-state index contributed by atoms with van der Waals surface area (Å²) in [5.74, 6) is 0.847. The van der Waals surface area contributed by atoms with Gasteiger partial charge in [0.05, 0.1) is 12.6 Å². The molecule has 2 aromatic heterocycles. The van der Waals surface area contributed by atoms with Crippen molar-refractivity contribution in [1.82, 2.24) is 5.32 Å². The monoisotopic (exact) mass is 413 g/mol. The van der Waals surface area contributed by atoms with E-state index in [1.807, 2.05) is 47.6 Å². The molecular formula is C24H31NO5. The van der Waals surface area contributed by atoms with E-state index in [1.165, 1.54) is 0 Å². The van der Waals surface area contributed by atoms with Crippen LogP contribution < -0.4 is 10.9 Å². The normalized spacial score (nSPS) is 13.7. The Hall–Kier alpha value is -2.60. The Morgan fingerprint density at radius 3 is 2.33 bits per heavy atom. The lowest BCUT2D eigenvalue weighted by Gasteiger charge is -2.22. The summed E-state index contributed by atoms with van der Waals surface area (Å²) in [4.78, 5) is 25.1. The number of hydrogen-bond donors (Lipinski definition) is 2. The van der Waals surface area contributed by atoms with Crippen molar-refractivity contribution in [2.24, 2.45) is 5.92 Å². The van der Waals surface area contributed by atoms with Gasteiger partial charge in [0, 0.05) is 28.3 Å². The molecule has 0 bridgehead atoms. The fourth-order valence-electron chi connectivity index (χ4n) is 3.95. The van der Waals surface area contributed by atoms with Crippen molar-refractivity contribution in [2.45, 2.75) is 66.8 Å². The largest absolute Gasteiger partial charge is 0.461 e. The van der Waals surface area contributed by atoms with Gasteiger partial charge in [0.2, 0.25) is 5.91 Å². The Balaban J connectivity index is 1.93. The lowest BCUT2D eigenvalue weighted by molar-refractivity contribution is -0.122. The van der Waals surface area contributed by atoms with Gasteiger partial charge in [-0.2, -0.15) is 0 Å². The van der Waals surface area contributed by atoms with E-state index in [2.05, 4.69) is 5.32 Å². The molecule has 1 amide bonds. The topological polar surface area (TPSA) is 92.7 Å². The first-order valence-electron chi connectivity index (χ1n) is 10.5. The predicted octanol–water partition coefficient (Wildman–Crippen LogP) is 4.23. The highest BCUT2D eigenvalue weighted by molar-refractivity contribution is 6.00. The van der Waals surface area contributed by atoms with Crippen LogP contribution in [0.3, 0.4) is 0 Å². The third-order valence-corrected chi connectivity index (χ3v) is 6.42. The van der Waals surface area contributed by atoms with Crippen LogP contribution in [0.15, 0.2) is 19.7 Å². The SMILES string of the molecule is CC[C@@H](C)[C@@H](CO)NC(=O)CCc1c(C)c2cc3c(C)c(C)oc3c(C)c2oc1=O. The van der Waals surface area contributed by atoms with Crippen molar-refractivity contribution in [2.75, 3.05) is 6.61 Å². The fraction of sp³-hybridized carbons (Fsp3) is 0.500. The van der Waals surface area contributed by atoms with Gasteiger partial charge in [0.25, 0.3) is 0 Å². The molecule has 2 heterocycles. The summed E-state index contributed by atoms with van der Waals surface area (Å²) in [7, 11) is 0. The zero-order chi connectivity index (χ0) is 22.2. The van der Waals surface area contributed by atoms with Gasteiger partial charge in [0.15, 0.2) is 0 Å². The van der Waals surface area contributed by atoms with Crippen molar-refractivity contribution >= 4 is 27.8 Å². The second kappa shape index (κ2) is 8.64. The molecule has 30 heavy (non-hydrogen) atoms. The number of hydrogen-bond acceptors (Lipinski definition) is 5. The van der Waals surface area contributed by atoms with E-state index < -0.39 is 5.63 Å². The van der Waals surface area contributed by atoms with Crippen molar-refractivity contribution in [3.63, 3.8) is 0 Å². The molecule has 0 radical (unpaired) electrons. The molecule has 0 spiro atoms. The van der Waals surface area contributed by atoms with E-state index in [1.54, 1.807) is 0 Å². The summed E-state index contributed by atoms with van der Waals surface area (Å²) in [6.45, 7) is 11.6. The highest BCUT2D eigenvalue weighted by Crippen LogP contribution is 2.34. The summed E-state index contributed by atoms with van der Waals surface area (Å²) in [5, 5.41) is 14.3. The number of aliphatic hydroxyl groups is 1. The maximum Gasteiger partial charge on any atom is 0.339 e. The second-order valence-corrected chi connectivity index (χ2v) is 8.27. The first kappa shape index (κ1) is 22.1. The number of carbonyl (C=O) groups excluding carboxylic acids is 1. The van der Waals surface area contributed by atoms with Crippen LogP contribution in [-0.4, -0.2) is 23.7 Å². The van der Waals surface area contributed by atoms with Crippen molar-refractivity contribution in [1.29, 1.82) is 0 Å². The summed E-state index contributed by atoms with van der Waals surface area (Å²) in [6.07, 6.45) is 1.31. The Morgan fingerprint density at radius 1 is 1.07 bits per heavy atom. The van der Waals surface area contributed by atoms with E-state index in [0.717, 1.165) is 45.2 Å². The molecule has 0 aliphatic carbocycles. The molecule has 6 heteroatoms. The van der Waals surface area contributed by atoms with Gasteiger partial charge in [-0.25, -0.2) is 4.79 Å². The molecule has 6 nitrogen and oxygen atoms in total. The molecule has 0 saturated heterocycles. The maximum atomic E-state index is 12.7. The molecule has 0 fully saturated rings. The number of aliphatic hydroxyl groups excluding tert-OH is 1. The third kappa shape index (κ3) is 3.88. The molecule has 1 aromatic carbocycles. The van der Waals surface area contributed by atoms with Crippen LogP contribution in [0.4, 0.5) is 0 Å². The van der Waals surface area contributed by atoms with Crippen LogP contribution in [0.1, 0.15) is 54.7 Å². The highest BCUT2D eigenvalue weighted by atomic mass is 16.4. The second-order valence-electron chi connectivity index (χ2n) is 8.27. The molecule has 0 unspecified atom stereocenters. The fourth-order valence-corrected chi connectivity index (χ4v) is 3.95. The van der Waals surface area contributed by atoms with Crippen molar-refractivity contribution in [3.8, 4) is 0 Å². The van der Waals surface area contributed by atoms with Crippen LogP contribution in [0.5, 0.6) is 0 Å². The number of furan rings is 1. The molecule has 0 aliphatic heterocycles. The summed E-state index contributed by atoms with van der Waals surface area (Å²) >= 11 is 0. The number of aryl methyl sites for hydroxylation is 4. The Bertz CT molecular complexity index is 1150. The number of benzene rings is 1. The van der Waals surface area contributed by atoms with Crippen LogP contribution in [-0.2, 0) is 11.2 Å². The van der Waals surface area contributed by atoms with Gasteiger partial charge < -0.3 is 19.3 Å². The van der Waals surface area contributed by atoms with Gasteiger partial charge in [-0.15, -0.1) is 0 Å². The van der Waals surface area contributed by atoms with E-state index in [-0.39, 0.29) is 37.3 Å². The number of nitrogens with one attached hydrogen (secondary N) is 1. The Morgan fingerprint density at radius 2 is 1.70 bits per heavy atom. The van der Waals surface area contributed by atoms with Gasteiger partial charge in [-0.3, -0.25) is 4.79 Å². The minimum atomic E-state index is -0.420. The first-order valence-corrected chi connectivity index (χ1v) is 10.5. The summed E-state index contributed by atoms with van der Waals surface area (Å²) < 4.78 is 11.5. The molecule has 162 valence electrons. The smallest absolute Gasteiger partial charge is 0.339 e. The number of amides is 1. The maximum absolute atomic E-state index is 12.7. The summed E-state index contributed by atoms with van der Waals surface area (Å²) in [5.41, 5.74) is 4.08. The van der Waals surface area contributed by atoms with Crippen LogP contribution in [0.25, 0.3) is 21.9 Å². The van der Waals surface area contributed by atoms with Gasteiger partial charge in [0.1, 0.15) is 16.9 Å². The minimum Gasteiger partial charge on any atom is -0.461 e. The van der Waals surface area contributed by atoms with Gasteiger partial charge in [-0.05, 0) is 57.2 Å². The van der Waals surface area contributed by atoms with E-state index >= 15 is 0 Å². The molecule has 0 saturated carbocycles. The van der Waals surface area contributed by atoms with Crippen LogP contribution >= 0.6 is 0 Å². The van der Waals surface area contributed by atoms with E-state index in [9.17, 15) is 14.7 Å². The molecular weight excluding hydrogens is 382 g/mol. The van der Waals surface area contributed by atoms with Gasteiger partial charge >= 0.3 is 5.63 Å². The summed E-state index contributed by atoms with van der Waals surface area (Å²) in [6, 6.07) is 1.73. The predicted molar refractivity (Wildman–Crippen MR) is 118 cm³/mol. The lowest BCUT2D eigenvalue weighted by atomic mass is 9.97. The minimum absolute atomic E-state index is 0.101. The molecule has 3 rings (SSSR count). The van der Waals surface area contributed by atoms with Crippen LogP contribution in [0, 0.1) is 33.6 Å². The van der Waals surface area contributed by atoms with Gasteiger partial charge in [-0.1, -0.05) is 20.3 Å².